The minimum atomic E-state index is -3.93. The van der Waals surface area contributed by atoms with Crippen molar-refractivity contribution in [3.8, 4) is 0 Å². The molecule has 2 aliphatic rings. The summed E-state index contributed by atoms with van der Waals surface area (Å²) in [4.78, 5) is 36.5. The molecule has 3 amide bonds. The Morgan fingerprint density at radius 1 is 1.03 bits per heavy atom. The Balaban J connectivity index is 1.40. The Morgan fingerprint density at radius 3 is 2.45 bits per heavy atom. The molecule has 0 bridgehead atoms. The van der Waals surface area contributed by atoms with Crippen molar-refractivity contribution in [1.82, 2.24) is 14.9 Å². The molecule has 0 aromatic heterocycles. The summed E-state index contributed by atoms with van der Waals surface area (Å²) in [5.41, 5.74) is 1.09. The molecule has 0 radical (unpaired) electrons. The Bertz CT molecular complexity index is 1090. The van der Waals surface area contributed by atoms with Crippen molar-refractivity contribution in [1.29, 1.82) is 0 Å². The molecule has 1 aliphatic carbocycles. The van der Waals surface area contributed by atoms with E-state index in [0.29, 0.717) is 19.4 Å². The van der Waals surface area contributed by atoms with E-state index in [1.807, 2.05) is 30.3 Å². The summed E-state index contributed by atoms with van der Waals surface area (Å²) in [6.45, 7) is 0.0916. The lowest BCUT2D eigenvalue weighted by Gasteiger charge is -2.13. The van der Waals surface area contributed by atoms with Crippen LogP contribution in [-0.2, 0) is 21.4 Å². The second kappa shape index (κ2) is 7.32. The molecular weight excluding hydrogens is 394 g/mol. The molecule has 8 nitrogen and oxygen atoms in total. The Kier molecular flexibility index (Phi) is 4.83. The van der Waals surface area contributed by atoms with E-state index in [-0.39, 0.29) is 34.5 Å². The van der Waals surface area contributed by atoms with Crippen molar-refractivity contribution >= 4 is 27.7 Å². The number of sulfonamides is 1. The summed E-state index contributed by atoms with van der Waals surface area (Å²) in [5.74, 6) is -1.50. The molecule has 9 heteroatoms. The minimum Gasteiger partial charge on any atom is -0.350 e. The van der Waals surface area contributed by atoms with E-state index in [0.717, 1.165) is 9.87 Å². The molecule has 0 unspecified atom stereocenters. The van der Waals surface area contributed by atoms with E-state index in [1.165, 1.54) is 18.2 Å². The molecule has 0 spiro atoms. The summed E-state index contributed by atoms with van der Waals surface area (Å²) in [6.07, 6.45) is 1.31. The smallest absolute Gasteiger partial charge is 0.269 e. The number of benzene rings is 2. The Hall–Kier alpha value is -3.20. The molecule has 0 saturated heterocycles. The van der Waals surface area contributed by atoms with Gasteiger partial charge in [0.25, 0.3) is 21.8 Å². The van der Waals surface area contributed by atoms with Gasteiger partial charge in [0, 0.05) is 18.2 Å². The van der Waals surface area contributed by atoms with Crippen LogP contribution in [0.5, 0.6) is 0 Å². The fourth-order valence-corrected chi connectivity index (χ4v) is 5.02. The van der Waals surface area contributed by atoms with E-state index in [2.05, 4.69) is 10.6 Å². The van der Waals surface area contributed by atoms with Gasteiger partial charge in [0.05, 0.1) is 12.1 Å². The van der Waals surface area contributed by atoms with E-state index < -0.39 is 21.8 Å². The van der Waals surface area contributed by atoms with E-state index in [9.17, 15) is 22.8 Å². The lowest BCUT2D eigenvalue weighted by molar-refractivity contribution is -0.120. The molecule has 1 saturated carbocycles. The van der Waals surface area contributed by atoms with Crippen LogP contribution in [0.4, 0.5) is 0 Å². The molecule has 1 aliphatic heterocycles. The maximum atomic E-state index is 12.6. The number of fused-ring (bicyclic) bond motifs is 1. The standard InChI is InChI=1S/C20H19N3O5S/c24-18(21-11-13-4-2-1-3-5-13)12-22-19(25)14-6-9-16-17(10-14)29(27,28)23(20(16)26)15-7-8-15/h1-6,9-10,15H,7-8,11-12H2,(H,21,24)(H,22,25). The van der Waals surface area contributed by atoms with Gasteiger partial charge in [-0.1, -0.05) is 30.3 Å². The third-order valence-electron chi connectivity index (χ3n) is 4.83. The van der Waals surface area contributed by atoms with Gasteiger partial charge in [0.1, 0.15) is 4.90 Å². The zero-order valence-corrected chi connectivity index (χ0v) is 16.2. The summed E-state index contributed by atoms with van der Waals surface area (Å²) >= 11 is 0. The number of carbonyl (C=O) groups excluding carboxylic acids is 3. The highest BCUT2D eigenvalue weighted by Gasteiger charge is 2.48. The molecule has 2 aromatic rings. The molecule has 1 fully saturated rings. The predicted molar refractivity (Wildman–Crippen MR) is 103 cm³/mol. The van der Waals surface area contributed by atoms with Crippen molar-refractivity contribution in [2.24, 2.45) is 0 Å². The van der Waals surface area contributed by atoms with Crippen LogP contribution in [0, 0.1) is 0 Å². The zero-order chi connectivity index (χ0) is 20.6. The molecule has 2 aromatic carbocycles. The van der Waals surface area contributed by atoms with Crippen molar-refractivity contribution < 1.29 is 22.8 Å². The monoisotopic (exact) mass is 413 g/mol. The fourth-order valence-electron chi connectivity index (χ4n) is 3.18. The maximum Gasteiger partial charge on any atom is 0.269 e. The van der Waals surface area contributed by atoms with Gasteiger partial charge in [-0.25, -0.2) is 12.7 Å². The van der Waals surface area contributed by atoms with Gasteiger partial charge in [0.2, 0.25) is 5.91 Å². The molecule has 1 heterocycles. The molecule has 29 heavy (non-hydrogen) atoms. The van der Waals surface area contributed by atoms with Crippen molar-refractivity contribution in [3.63, 3.8) is 0 Å². The summed E-state index contributed by atoms with van der Waals surface area (Å²) < 4.78 is 26.2. The topological polar surface area (TPSA) is 113 Å². The zero-order valence-electron chi connectivity index (χ0n) is 15.4. The predicted octanol–water partition coefficient (Wildman–Crippen LogP) is 1.04. The van der Waals surface area contributed by atoms with Gasteiger partial charge in [-0.2, -0.15) is 0 Å². The van der Waals surface area contributed by atoms with Gasteiger partial charge >= 0.3 is 0 Å². The quantitative estimate of drug-likeness (QED) is 0.735. The maximum absolute atomic E-state index is 12.6. The van der Waals surface area contributed by atoms with Crippen LogP contribution >= 0.6 is 0 Å². The molecule has 4 rings (SSSR count). The third kappa shape index (κ3) is 3.73. The number of nitrogens with one attached hydrogen (secondary N) is 2. The van der Waals surface area contributed by atoms with Crippen LogP contribution < -0.4 is 10.6 Å². The van der Waals surface area contributed by atoms with Crippen LogP contribution in [0.15, 0.2) is 53.4 Å². The normalized spacial score (nSPS) is 17.0. The van der Waals surface area contributed by atoms with Crippen LogP contribution in [0.1, 0.15) is 39.1 Å². The average Bonchev–Trinajstić information content (AvgIpc) is 3.52. The number of hydrogen-bond acceptors (Lipinski definition) is 5. The Labute approximate surface area is 168 Å². The largest absolute Gasteiger partial charge is 0.350 e. The average molecular weight is 413 g/mol. The summed E-state index contributed by atoms with van der Waals surface area (Å²) in [5, 5.41) is 5.16. The first-order chi connectivity index (χ1) is 13.9. The number of amides is 3. The number of nitrogens with zero attached hydrogens (tertiary/aromatic N) is 1. The SMILES string of the molecule is O=C(CNC(=O)c1ccc2c(c1)S(=O)(=O)N(C1CC1)C2=O)NCc1ccccc1. The van der Waals surface area contributed by atoms with Crippen LogP contribution in [0.2, 0.25) is 0 Å². The van der Waals surface area contributed by atoms with Gasteiger partial charge in [-0.05, 0) is 36.6 Å². The third-order valence-corrected chi connectivity index (χ3v) is 6.71. The lowest BCUT2D eigenvalue weighted by Crippen LogP contribution is -2.36. The highest BCUT2D eigenvalue weighted by atomic mass is 32.2. The minimum absolute atomic E-state index is 0.0774. The van der Waals surface area contributed by atoms with Gasteiger partial charge in [0.15, 0.2) is 0 Å². The second-order valence-corrected chi connectivity index (χ2v) is 8.78. The number of rotatable bonds is 6. The van der Waals surface area contributed by atoms with Crippen molar-refractivity contribution in [2.75, 3.05) is 6.54 Å². The van der Waals surface area contributed by atoms with Gasteiger partial charge in [-0.15, -0.1) is 0 Å². The van der Waals surface area contributed by atoms with Gasteiger partial charge in [-0.3, -0.25) is 14.4 Å². The lowest BCUT2D eigenvalue weighted by atomic mass is 10.1. The van der Waals surface area contributed by atoms with Crippen molar-refractivity contribution in [3.05, 3.63) is 65.2 Å². The van der Waals surface area contributed by atoms with Crippen LogP contribution in [0.25, 0.3) is 0 Å². The Morgan fingerprint density at radius 2 is 1.76 bits per heavy atom. The first-order valence-corrected chi connectivity index (χ1v) is 10.6. The van der Waals surface area contributed by atoms with Crippen LogP contribution in [-0.4, -0.2) is 43.0 Å². The van der Waals surface area contributed by atoms with Gasteiger partial charge < -0.3 is 10.6 Å². The van der Waals surface area contributed by atoms with Crippen LogP contribution in [0.3, 0.4) is 0 Å². The molecule has 150 valence electrons. The number of carbonyl (C=O) groups is 3. The molecule has 2 N–H and O–H groups in total. The van der Waals surface area contributed by atoms with E-state index in [4.69, 9.17) is 0 Å². The highest BCUT2D eigenvalue weighted by molar-refractivity contribution is 7.90. The highest BCUT2D eigenvalue weighted by Crippen LogP contribution is 2.39. The van der Waals surface area contributed by atoms with E-state index in [1.54, 1.807) is 0 Å². The summed E-state index contributed by atoms with van der Waals surface area (Å²) in [6, 6.07) is 13.0. The molecule has 0 atom stereocenters. The fraction of sp³-hybridized carbons (Fsp3) is 0.250. The molecular formula is C20H19N3O5S. The van der Waals surface area contributed by atoms with E-state index >= 15 is 0 Å². The first-order valence-electron chi connectivity index (χ1n) is 9.19. The number of hydrogen-bond donors (Lipinski definition) is 2. The second-order valence-electron chi connectivity index (χ2n) is 6.99. The first kappa shape index (κ1) is 19.1. The summed E-state index contributed by atoms with van der Waals surface area (Å²) in [7, 11) is -3.93. The van der Waals surface area contributed by atoms with Crippen molar-refractivity contribution in [2.45, 2.75) is 30.3 Å².